The summed E-state index contributed by atoms with van der Waals surface area (Å²) in [6.45, 7) is 6.05. The van der Waals surface area contributed by atoms with Crippen LogP contribution in [0.3, 0.4) is 0 Å². The van der Waals surface area contributed by atoms with Crippen molar-refractivity contribution in [2.75, 3.05) is 37.9 Å². The number of carbonyl (C=O) groups excluding carboxylic acids is 1. The fourth-order valence-corrected chi connectivity index (χ4v) is 3.45. The van der Waals surface area contributed by atoms with Gasteiger partial charge in [0.25, 0.3) is 0 Å². The Hall–Kier alpha value is -2.89. The summed E-state index contributed by atoms with van der Waals surface area (Å²) in [6.07, 6.45) is 1.05. The number of carbonyl (C=O) groups is 1. The average Bonchev–Trinajstić information content (AvgIpc) is 3.20. The predicted molar refractivity (Wildman–Crippen MR) is 104 cm³/mol. The monoisotopic (exact) mass is 367 g/mol. The van der Waals surface area contributed by atoms with Gasteiger partial charge in [-0.05, 0) is 41.8 Å². The van der Waals surface area contributed by atoms with Gasteiger partial charge in [0.2, 0.25) is 6.79 Å². The molecule has 6 nitrogen and oxygen atoms in total. The Morgan fingerprint density at radius 1 is 0.963 bits per heavy atom. The van der Waals surface area contributed by atoms with Gasteiger partial charge in [-0.3, -0.25) is 0 Å². The fourth-order valence-electron chi connectivity index (χ4n) is 3.45. The van der Waals surface area contributed by atoms with E-state index in [-0.39, 0.29) is 12.8 Å². The second kappa shape index (κ2) is 7.78. The van der Waals surface area contributed by atoms with Crippen molar-refractivity contribution in [2.45, 2.75) is 19.9 Å². The molecule has 142 valence electrons. The molecule has 0 saturated carbocycles. The molecule has 0 spiro atoms. The van der Waals surface area contributed by atoms with Crippen molar-refractivity contribution in [3.63, 3.8) is 0 Å². The summed E-state index contributed by atoms with van der Waals surface area (Å²) >= 11 is 0. The van der Waals surface area contributed by atoms with Crippen LogP contribution in [-0.2, 0) is 13.0 Å². The maximum atomic E-state index is 12.5. The molecule has 2 aromatic rings. The maximum Gasteiger partial charge on any atom is 0.317 e. The van der Waals surface area contributed by atoms with Gasteiger partial charge in [-0.2, -0.15) is 0 Å². The first-order valence-corrected chi connectivity index (χ1v) is 9.48. The van der Waals surface area contributed by atoms with Crippen molar-refractivity contribution in [1.82, 2.24) is 10.2 Å². The van der Waals surface area contributed by atoms with E-state index in [1.54, 1.807) is 0 Å². The quantitative estimate of drug-likeness (QED) is 0.903. The Balaban J connectivity index is 1.27. The smallest absolute Gasteiger partial charge is 0.317 e. The van der Waals surface area contributed by atoms with Crippen molar-refractivity contribution < 1.29 is 14.3 Å². The number of nitrogens with zero attached hydrogens (tertiary/aromatic N) is 2. The van der Waals surface area contributed by atoms with Crippen molar-refractivity contribution >= 4 is 11.7 Å². The lowest BCUT2D eigenvalue weighted by Gasteiger charge is -2.36. The molecule has 1 N–H and O–H groups in total. The molecule has 2 heterocycles. The van der Waals surface area contributed by atoms with E-state index in [0.717, 1.165) is 49.7 Å². The van der Waals surface area contributed by atoms with E-state index in [1.165, 1.54) is 11.3 Å². The number of hydrogen-bond acceptors (Lipinski definition) is 4. The molecule has 4 rings (SSSR count). The number of anilines is 1. The van der Waals surface area contributed by atoms with Crippen LogP contribution in [0.5, 0.6) is 11.5 Å². The average molecular weight is 367 g/mol. The second-order valence-electron chi connectivity index (χ2n) is 6.84. The van der Waals surface area contributed by atoms with E-state index in [2.05, 4.69) is 41.4 Å². The number of ether oxygens (including phenoxy) is 2. The maximum absolute atomic E-state index is 12.5. The van der Waals surface area contributed by atoms with Crippen LogP contribution in [0, 0.1) is 0 Å². The van der Waals surface area contributed by atoms with E-state index in [9.17, 15) is 4.79 Å². The van der Waals surface area contributed by atoms with Gasteiger partial charge in [-0.15, -0.1) is 0 Å². The van der Waals surface area contributed by atoms with Gasteiger partial charge >= 0.3 is 6.03 Å². The molecule has 2 aliphatic heterocycles. The Labute approximate surface area is 159 Å². The van der Waals surface area contributed by atoms with E-state index in [1.807, 2.05) is 23.1 Å². The van der Waals surface area contributed by atoms with Crippen molar-refractivity contribution in [3.8, 4) is 11.5 Å². The minimum absolute atomic E-state index is 0.0198. The predicted octanol–water partition coefficient (Wildman–Crippen LogP) is 3.01. The highest BCUT2D eigenvalue weighted by Gasteiger charge is 2.21. The third-order valence-electron chi connectivity index (χ3n) is 5.16. The zero-order valence-corrected chi connectivity index (χ0v) is 15.6. The second-order valence-corrected chi connectivity index (χ2v) is 6.84. The molecule has 0 bridgehead atoms. The van der Waals surface area contributed by atoms with Gasteiger partial charge in [-0.1, -0.05) is 25.1 Å². The van der Waals surface area contributed by atoms with E-state index in [0.29, 0.717) is 6.54 Å². The topological polar surface area (TPSA) is 54.0 Å². The molecule has 2 aromatic carbocycles. The van der Waals surface area contributed by atoms with Gasteiger partial charge in [0, 0.05) is 38.4 Å². The Morgan fingerprint density at radius 3 is 2.41 bits per heavy atom. The third kappa shape index (κ3) is 3.94. The Morgan fingerprint density at radius 2 is 1.67 bits per heavy atom. The molecule has 0 aliphatic carbocycles. The van der Waals surface area contributed by atoms with Gasteiger partial charge < -0.3 is 24.6 Å². The zero-order valence-electron chi connectivity index (χ0n) is 15.6. The summed E-state index contributed by atoms with van der Waals surface area (Å²) in [5, 5.41) is 3.00. The Kier molecular flexibility index (Phi) is 5.05. The van der Waals surface area contributed by atoms with Crippen LogP contribution >= 0.6 is 0 Å². The van der Waals surface area contributed by atoms with Crippen molar-refractivity contribution in [3.05, 3.63) is 53.6 Å². The molecule has 0 unspecified atom stereocenters. The van der Waals surface area contributed by atoms with Crippen LogP contribution in [-0.4, -0.2) is 43.9 Å². The first kappa shape index (κ1) is 17.5. The zero-order chi connectivity index (χ0) is 18.6. The molecule has 2 amide bonds. The van der Waals surface area contributed by atoms with Crippen molar-refractivity contribution in [2.24, 2.45) is 0 Å². The van der Waals surface area contributed by atoms with Crippen LogP contribution in [0.1, 0.15) is 18.1 Å². The number of urea groups is 1. The summed E-state index contributed by atoms with van der Waals surface area (Å²) in [4.78, 5) is 16.7. The first-order chi connectivity index (χ1) is 13.2. The number of nitrogens with one attached hydrogen (secondary N) is 1. The van der Waals surface area contributed by atoms with E-state index in [4.69, 9.17) is 9.47 Å². The highest BCUT2D eigenvalue weighted by Crippen LogP contribution is 2.32. The van der Waals surface area contributed by atoms with E-state index >= 15 is 0 Å². The van der Waals surface area contributed by atoms with Crippen LogP contribution < -0.4 is 19.7 Å². The summed E-state index contributed by atoms with van der Waals surface area (Å²) in [5.41, 5.74) is 3.58. The first-order valence-electron chi connectivity index (χ1n) is 9.48. The molecule has 0 radical (unpaired) electrons. The largest absolute Gasteiger partial charge is 0.454 e. The number of benzene rings is 2. The third-order valence-corrected chi connectivity index (χ3v) is 5.16. The number of hydrogen-bond donors (Lipinski definition) is 1. The highest BCUT2D eigenvalue weighted by molar-refractivity contribution is 5.74. The Bertz CT molecular complexity index is 799. The molecule has 1 saturated heterocycles. The minimum Gasteiger partial charge on any atom is -0.454 e. The van der Waals surface area contributed by atoms with Crippen LogP contribution in [0.15, 0.2) is 42.5 Å². The van der Waals surface area contributed by atoms with Gasteiger partial charge in [0.15, 0.2) is 11.5 Å². The number of fused-ring (bicyclic) bond motifs is 1. The van der Waals surface area contributed by atoms with Crippen LogP contribution in [0.25, 0.3) is 0 Å². The standard InChI is InChI=1S/C21H25N3O3/c1-2-16-3-6-18(7-4-16)23-9-11-24(12-10-23)21(25)22-14-17-5-8-19-20(13-17)27-15-26-19/h3-8,13H,2,9-12,14-15H2,1H3,(H,22,25). The summed E-state index contributed by atoms with van der Waals surface area (Å²) in [7, 11) is 0. The SMILES string of the molecule is CCc1ccc(N2CCN(C(=O)NCc3ccc4c(c3)OCO4)CC2)cc1. The number of piperazine rings is 1. The minimum atomic E-state index is -0.0198. The van der Waals surface area contributed by atoms with Gasteiger partial charge in [-0.25, -0.2) is 4.79 Å². The molecule has 0 atom stereocenters. The van der Waals surface area contributed by atoms with Crippen LogP contribution in [0.2, 0.25) is 0 Å². The van der Waals surface area contributed by atoms with Crippen LogP contribution in [0.4, 0.5) is 10.5 Å². The molecule has 6 heteroatoms. The van der Waals surface area contributed by atoms with Gasteiger partial charge in [0.1, 0.15) is 0 Å². The lowest BCUT2D eigenvalue weighted by Crippen LogP contribution is -2.51. The summed E-state index contributed by atoms with van der Waals surface area (Å²) in [6, 6.07) is 14.4. The van der Waals surface area contributed by atoms with E-state index < -0.39 is 0 Å². The number of amides is 2. The molecular weight excluding hydrogens is 342 g/mol. The molecular formula is C21H25N3O3. The van der Waals surface area contributed by atoms with Crippen molar-refractivity contribution in [1.29, 1.82) is 0 Å². The fraction of sp³-hybridized carbons (Fsp3) is 0.381. The summed E-state index contributed by atoms with van der Waals surface area (Å²) in [5.74, 6) is 1.50. The number of rotatable bonds is 4. The number of aryl methyl sites for hydroxylation is 1. The van der Waals surface area contributed by atoms with Gasteiger partial charge in [0.05, 0.1) is 0 Å². The molecule has 0 aromatic heterocycles. The molecule has 27 heavy (non-hydrogen) atoms. The normalized spacial score (nSPS) is 15.7. The highest BCUT2D eigenvalue weighted by atomic mass is 16.7. The molecule has 2 aliphatic rings. The lowest BCUT2D eigenvalue weighted by atomic mass is 10.1. The molecule has 1 fully saturated rings. The lowest BCUT2D eigenvalue weighted by molar-refractivity contribution is 0.174. The summed E-state index contributed by atoms with van der Waals surface area (Å²) < 4.78 is 10.7.